The second-order valence-corrected chi connectivity index (χ2v) is 8.38. The average Bonchev–Trinajstić information content (AvgIpc) is 3.17. The van der Waals surface area contributed by atoms with E-state index in [1.165, 1.54) is 0 Å². The van der Waals surface area contributed by atoms with Gasteiger partial charge in [-0.05, 0) is 24.3 Å². The van der Waals surface area contributed by atoms with Gasteiger partial charge in [-0.1, -0.05) is 34.7 Å². The van der Waals surface area contributed by atoms with Gasteiger partial charge >= 0.3 is 34.5 Å². The van der Waals surface area contributed by atoms with E-state index in [0.717, 1.165) is 22.1 Å². The summed E-state index contributed by atoms with van der Waals surface area (Å²) in [6.45, 7) is 0. The molecule has 0 spiro atoms. The summed E-state index contributed by atoms with van der Waals surface area (Å²) in [6.07, 6.45) is 0. The third-order valence-electron chi connectivity index (χ3n) is 2.46. The predicted molar refractivity (Wildman–Crippen MR) is 79.5 cm³/mol. The molecule has 2 aromatic heterocycles. The number of fused-ring (bicyclic) bond motifs is 2. The number of aromatic nitrogens is 6. The van der Waals surface area contributed by atoms with Crippen LogP contribution < -0.4 is 0 Å². The van der Waals surface area contributed by atoms with Crippen LogP contribution in [0.5, 0.6) is 0 Å². The van der Waals surface area contributed by atoms with Crippen molar-refractivity contribution in [2.75, 3.05) is 0 Å². The van der Waals surface area contributed by atoms with Crippen molar-refractivity contribution in [1.82, 2.24) is 30.8 Å². The molecule has 2 heterocycles. The summed E-state index contributed by atoms with van der Waals surface area (Å²) in [5.41, 5.74) is 3.80. The van der Waals surface area contributed by atoms with Crippen LogP contribution >= 0.6 is 19.4 Å². The van der Waals surface area contributed by atoms with Gasteiger partial charge in [-0.2, -0.15) is 0 Å². The van der Waals surface area contributed by atoms with Gasteiger partial charge < -0.3 is 0 Å². The third kappa shape index (κ3) is 4.74. The molecule has 0 unspecified atom stereocenters. The molecule has 6 nitrogen and oxygen atoms in total. The number of aromatic amines is 2. The first kappa shape index (κ1) is 15.8. The van der Waals surface area contributed by atoms with Crippen LogP contribution in [0.2, 0.25) is 0 Å². The molecular formula is C12H10Cl2N6Zn. The van der Waals surface area contributed by atoms with Crippen molar-refractivity contribution in [2.45, 2.75) is 0 Å². The summed E-state index contributed by atoms with van der Waals surface area (Å²) < 4.78 is 0. The molecule has 21 heavy (non-hydrogen) atoms. The fourth-order valence-corrected chi connectivity index (χ4v) is 1.58. The Morgan fingerprint density at radius 3 is 1.48 bits per heavy atom. The van der Waals surface area contributed by atoms with Gasteiger partial charge in [0.05, 0.1) is 11.0 Å². The molecule has 4 rings (SSSR count). The van der Waals surface area contributed by atoms with Gasteiger partial charge in [0.15, 0.2) is 0 Å². The molecule has 4 aromatic rings. The Hall–Kier alpha value is -1.56. The van der Waals surface area contributed by atoms with E-state index in [1.807, 2.05) is 48.5 Å². The van der Waals surface area contributed by atoms with Crippen molar-refractivity contribution in [3.05, 3.63) is 48.5 Å². The summed E-state index contributed by atoms with van der Waals surface area (Å²) in [5.74, 6) is 0. The van der Waals surface area contributed by atoms with E-state index in [4.69, 9.17) is 19.4 Å². The zero-order valence-corrected chi connectivity index (χ0v) is 15.3. The fraction of sp³-hybridized carbons (Fsp3) is 0. The predicted octanol–water partition coefficient (Wildman–Crippen LogP) is 3.29. The molecule has 0 saturated carbocycles. The van der Waals surface area contributed by atoms with Gasteiger partial charge in [0.1, 0.15) is 11.0 Å². The summed E-state index contributed by atoms with van der Waals surface area (Å²) in [5, 5.41) is 20.4. The van der Waals surface area contributed by atoms with Gasteiger partial charge in [-0.15, -0.1) is 10.2 Å². The van der Waals surface area contributed by atoms with E-state index < -0.39 is 15.1 Å². The molecule has 0 aliphatic rings. The van der Waals surface area contributed by atoms with Crippen LogP contribution in [-0.4, -0.2) is 30.8 Å². The zero-order valence-electron chi connectivity index (χ0n) is 10.9. The van der Waals surface area contributed by atoms with Crippen molar-refractivity contribution in [3.8, 4) is 0 Å². The van der Waals surface area contributed by atoms with E-state index in [-0.39, 0.29) is 0 Å². The van der Waals surface area contributed by atoms with Crippen molar-refractivity contribution in [2.24, 2.45) is 0 Å². The molecule has 2 aromatic carbocycles. The Balaban J connectivity index is 0.000000130. The van der Waals surface area contributed by atoms with Crippen LogP contribution in [0.1, 0.15) is 0 Å². The molecule has 104 valence electrons. The van der Waals surface area contributed by atoms with Crippen molar-refractivity contribution in [1.29, 1.82) is 0 Å². The molecule has 9 heteroatoms. The number of halogens is 2. The van der Waals surface area contributed by atoms with Crippen LogP contribution in [0.4, 0.5) is 0 Å². The minimum absolute atomic E-state index is 0.914. The van der Waals surface area contributed by atoms with Crippen LogP contribution in [0.3, 0.4) is 0 Å². The number of hydrogen-bond donors (Lipinski definition) is 2. The summed E-state index contributed by atoms with van der Waals surface area (Å²) in [7, 11) is 9.90. The van der Waals surface area contributed by atoms with Crippen LogP contribution in [-0.2, 0) is 15.1 Å². The van der Waals surface area contributed by atoms with Crippen molar-refractivity contribution >= 4 is 41.4 Å². The quantitative estimate of drug-likeness (QED) is 0.463. The maximum Gasteiger partial charge on any atom is 0.112 e. The molecular weight excluding hydrogens is 364 g/mol. The normalized spacial score (nSPS) is 9.24. The molecule has 0 amide bonds. The number of H-pyrrole nitrogens is 2. The first-order chi connectivity index (χ1) is 10.3. The summed E-state index contributed by atoms with van der Waals surface area (Å²) in [4.78, 5) is 0. The Morgan fingerprint density at radius 1 is 0.714 bits per heavy atom. The Kier molecular flexibility index (Phi) is 6.53. The zero-order chi connectivity index (χ0) is 14.9. The Morgan fingerprint density at radius 2 is 1.10 bits per heavy atom. The molecule has 0 saturated heterocycles. The van der Waals surface area contributed by atoms with Gasteiger partial charge in [0, 0.05) is 0 Å². The molecule has 0 aliphatic carbocycles. The van der Waals surface area contributed by atoms with E-state index in [0.29, 0.717) is 0 Å². The standard InChI is InChI=1S/2C6H5N3.2ClH.Zn/c2*1-2-4-6-5(3-1)7-9-8-6;;;/h2*1-4H,(H,7,8,9);2*1H;/q;;;;+2/p-2. The van der Waals surface area contributed by atoms with Gasteiger partial charge in [0.2, 0.25) is 0 Å². The minimum Gasteiger partial charge on any atom is -0.258 e. The number of nitrogens with zero attached hydrogens (tertiary/aromatic N) is 4. The smallest absolute Gasteiger partial charge is 0.112 e. The topological polar surface area (TPSA) is 83.1 Å². The molecule has 0 radical (unpaired) electrons. The Bertz CT molecular complexity index is 661. The molecule has 0 bridgehead atoms. The monoisotopic (exact) mass is 372 g/mol. The number of para-hydroxylation sites is 2. The number of rotatable bonds is 0. The van der Waals surface area contributed by atoms with Crippen LogP contribution in [0.15, 0.2) is 48.5 Å². The molecule has 0 aliphatic heterocycles. The average molecular weight is 375 g/mol. The first-order valence-electron chi connectivity index (χ1n) is 5.98. The van der Waals surface area contributed by atoms with E-state index in [1.54, 1.807) is 0 Å². The number of nitrogens with one attached hydrogen (secondary N) is 2. The summed E-state index contributed by atoms with van der Waals surface area (Å²) >= 11 is -0.931. The van der Waals surface area contributed by atoms with Crippen LogP contribution in [0, 0.1) is 0 Å². The second-order valence-electron chi connectivity index (χ2n) is 3.76. The van der Waals surface area contributed by atoms with Crippen molar-refractivity contribution < 1.29 is 15.1 Å². The number of benzene rings is 2. The largest absolute Gasteiger partial charge is 0.258 e. The maximum absolute atomic E-state index is 4.95. The minimum atomic E-state index is -0.931. The van der Waals surface area contributed by atoms with Gasteiger partial charge in [-0.25, -0.2) is 0 Å². The Labute approximate surface area is 135 Å². The van der Waals surface area contributed by atoms with Gasteiger partial charge in [0.25, 0.3) is 0 Å². The van der Waals surface area contributed by atoms with Gasteiger partial charge in [-0.3, -0.25) is 10.2 Å². The molecule has 0 atom stereocenters. The number of hydrogen-bond acceptors (Lipinski definition) is 4. The van der Waals surface area contributed by atoms with Crippen molar-refractivity contribution in [3.63, 3.8) is 0 Å². The van der Waals surface area contributed by atoms with E-state index in [2.05, 4.69) is 30.8 Å². The van der Waals surface area contributed by atoms with Crippen LogP contribution in [0.25, 0.3) is 22.1 Å². The van der Waals surface area contributed by atoms with E-state index >= 15 is 0 Å². The maximum atomic E-state index is 4.95. The second kappa shape index (κ2) is 8.67. The third-order valence-corrected chi connectivity index (χ3v) is 2.46. The summed E-state index contributed by atoms with van der Waals surface area (Å²) in [6, 6.07) is 15.5. The first-order valence-corrected chi connectivity index (χ1v) is 13.8. The fourth-order valence-electron chi connectivity index (χ4n) is 1.58. The molecule has 0 fully saturated rings. The molecule has 2 N–H and O–H groups in total. The van der Waals surface area contributed by atoms with E-state index in [9.17, 15) is 0 Å². The SMILES string of the molecule is [Cl][Zn][Cl].c1ccc2[nH]nnc2c1.c1ccc2[nH]nnc2c1.